The molecule has 1 aliphatic rings. The molecule has 22 heavy (non-hydrogen) atoms. The Morgan fingerprint density at radius 3 is 2.36 bits per heavy atom. The molecule has 0 aliphatic heterocycles. The quantitative estimate of drug-likeness (QED) is 0.861. The summed E-state index contributed by atoms with van der Waals surface area (Å²) in [5.74, 6) is 0.917. The molecule has 0 unspecified atom stereocenters. The van der Waals surface area contributed by atoms with Gasteiger partial charge in [-0.05, 0) is 68.7 Å². The van der Waals surface area contributed by atoms with Gasteiger partial charge in [-0.2, -0.15) is 0 Å². The molecule has 1 amide bonds. The lowest BCUT2D eigenvalue weighted by atomic mass is 9.79. The third-order valence-corrected chi connectivity index (χ3v) is 4.75. The summed E-state index contributed by atoms with van der Waals surface area (Å²) in [4.78, 5) is 11.3. The fraction of sp³-hybridized carbons (Fsp3) is 0.611. The lowest BCUT2D eigenvalue weighted by Crippen LogP contribution is -2.32. The maximum Gasteiger partial charge on any atom is 0.223 e. The number of carbonyl (C=O) groups is 1. The monoisotopic (exact) mass is 307 g/mol. The second-order valence-corrected chi connectivity index (χ2v) is 7.00. The van der Waals surface area contributed by atoms with Crippen molar-refractivity contribution in [2.24, 2.45) is 17.1 Å². The van der Waals surface area contributed by atoms with E-state index in [9.17, 15) is 9.18 Å². The number of rotatable bonds is 6. The molecular formula is C18H26FNO2. The van der Waals surface area contributed by atoms with Crippen LogP contribution in [0.1, 0.15) is 52.4 Å². The third kappa shape index (κ3) is 4.72. The van der Waals surface area contributed by atoms with Gasteiger partial charge < -0.3 is 10.5 Å². The number of carbonyl (C=O) groups excluding carboxylic acids is 1. The lowest BCUT2D eigenvalue weighted by Gasteiger charge is -2.31. The van der Waals surface area contributed by atoms with Crippen LogP contribution in [-0.4, -0.2) is 12.0 Å². The summed E-state index contributed by atoms with van der Waals surface area (Å²) in [5.41, 5.74) is 5.00. The molecule has 0 spiro atoms. The molecule has 0 saturated heterocycles. The molecule has 1 aliphatic carbocycles. The molecule has 1 saturated carbocycles. The lowest BCUT2D eigenvalue weighted by molar-refractivity contribution is -0.126. The zero-order valence-electron chi connectivity index (χ0n) is 13.5. The van der Waals surface area contributed by atoms with Crippen LogP contribution in [0.25, 0.3) is 0 Å². The van der Waals surface area contributed by atoms with Crippen molar-refractivity contribution >= 4 is 5.91 Å². The van der Waals surface area contributed by atoms with Gasteiger partial charge in [0.1, 0.15) is 11.6 Å². The number of benzene rings is 1. The van der Waals surface area contributed by atoms with Crippen molar-refractivity contribution in [3.05, 3.63) is 30.1 Å². The van der Waals surface area contributed by atoms with Crippen molar-refractivity contribution in [1.29, 1.82) is 0 Å². The average molecular weight is 307 g/mol. The molecule has 2 N–H and O–H groups in total. The topological polar surface area (TPSA) is 52.3 Å². The largest absolute Gasteiger partial charge is 0.490 e. The van der Waals surface area contributed by atoms with Crippen molar-refractivity contribution in [3.8, 4) is 5.75 Å². The molecule has 0 atom stereocenters. The van der Waals surface area contributed by atoms with Crippen LogP contribution < -0.4 is 10.5 Å². The molecule has 1 aromatic rings. The molecule has 1 aromatic carbocycles. The van der Waals surface area contributed by atoms with E-state index in [1.165, 1.54) is 12.1 Å². The van der Waals surface area contributed by atoms with E-state index in [1.807, 2.05) is 13.8 Å². The Kier molecular flexibility index (Phi) is 5.43. The van der Waals surface area contributed by atoms with E-state index in [-0.39, 0.29) is 17.8 Å². The number of hydrogen-bond donors (Lipinski definition) is 1. The van der Waals surface area contributed by atoms with Gasteiger partial charge in [-0.3, -0.25) is 4.79 Å². The van der Waals surface area contributed by atoms with Gasteiger partial charge >= 0.3 is 0 Å². The zero-order valence-corrected chi connectivity index (χ0v) is 13.5. The molecule has 2 rings (SSSR count). The standard InChI is InChI=1S/C18H26FNO2/c1-18(2,17(20)21)12-11-13-3-7-15(8-4-13)22-16-9-5-14(19)6-10-16/h5-6,9-10,13,15H,3-4,7-8,11-12H2,1-2H3,(H2,20,21). The van der Waals surface area contributed by atoms with Crippen LogP contribution in [0.5, 0.6) is 5.75 Å². The maximum absolute atomic E-state index is 12.9. The van der Waals surface area contributed by atoms with Gasteiger partial charge in [0.05, 0.1) is 6.10 Å². The van der Waals surface area contributed by atoms with Crippen LogP contribution in [0, 0.1) is 17.2 Å². The van der Waals surface area contributed by atoms with Gasteiger partial charge in [-0.25, -0.2) is 4.39 Å². The fourth-order valence-electron chi connectivity index (χ4n) is 2.93. The molecule has 0 bridgehead atoms. The number of primary amides is 1. The first-order valence-electron chi connectivity index (χ1n) is 8.09. The van der Waals surface area contributed by atoms with Crippen molar-refractivity contribution in [1.82, 2.24) is 0 Å². The fourth-order valence-corrected chi connectivity index (χ4v) is 2.93. The second-order valence-electron chi connectivity index (χ2n) is 7.00. The Labute approximate surface area is 132 Å². The Hall–Kier alpha value is -1.58. The minimum atomic E-state index is -0.415. The molecule has 122 valence electrons. The molecule has 3 nitrogen and oxygen atoms in total. The summed E-state index contributed by atoms with van der Waals surface area (Å²) >= 11 is 0. The predicted molar refractivity (Wildman–Crippen MR) is 85.0 cm³/mol. The maximum atomic E-state index is 12.9. The Morgan fingerprint density at radius 1 is 1.23 bits per heavy atom. The van der Waals surface area contributed by atoms with Crippen molar-refractivity contribution < 1.29 is 13.9 Å². The average Bonchev–Trinajstić information content (AvgIpc) is 2.49. The normalized spacial score (nSPS) is 22.3. The van der Waals surface area contributed by atoms with Gasteiger partial charge in [0.2, 0.25) is 5.91 Å². The van der Waals surface area contributed by atoms with E-state index in [2.05, 4.69) is 0 Å². The van der Waals surface area contributed by atoms with E-state index < -0.39 is 5.41 Å². The minimum Gasteiger partial charge on any atom is -0.490 e. The Morgan fingerprint density at radius 2 is 1.82 bits per heavy atom. The minimum absolute atomic E-state index is 0.214. The molecule has 0 radical (unpaired) electrons. The highest BCUT2D eigenvalue weighted by atomic mass is 19.1. The van der Waals surface area contributed by atoms with Crippen molar-refractivity contribution in [2.45, 2.75) is 58.5 Å². The Bertz CT molecular complexity index is 490. The first-order valence-corrected chi connectivity index (χ1v) is 8.09. The highest BCUT2D eigenvalue weighted by molar-refractivity contribution is 5.79. The van der Waals surface area contributed by atoms with Gasteiger partial charge in [0.25, 0.3) is 0 Å². The third-order valence-electron chi connectivity index (χ3n) is 4.75. The van der Waals surface area contributed by atoms with Crippen LogP contribution in [0.15, 0.2) is 24.3 Å². The summed E-state index contributed by atoms with van der Waals surface area (Å²) < 4.78 is 18.8. The molecule has 1 fully saturated rings. The highest BCUT2D eigenvalue weighted by Gasteiger charge is 2.28. The van der Waals surface area contributed by atoms with E-state index >= 15 is 0 Å². The first-order chi connectivity index (χ1) is 10.4. The SMILES string of the molecule is CC(C)(CCC1CCC(Oc2ccc(F)cc2)CC1)C(N)=O. The molecular weight excluding hydrogens is 281 g/mol. The summed E-state index contributed by atoms with van der Waals surface area (Å²) in [7, 11) is 0. The zero-order chi connectivity index (χ0) is 16.2. The second kappa shape index (κ2) is 7.12. The number of amides is 1. The van der Waals surface area contributed by atoms with Crippen molar-refractivity contribution in [2.75, 3.05) is 0 Å². The van der Waals surface area contributed by atoms with Crippen LogP contribution in [-0.2, 0) is 4.79 Å². The van der Waals surface area contributed by atoms with E-state index in [4.69, 9.17) is 10.5 Å². The van der Waals surface area contributed by atoms with Crippen LogP contribution in [0.3, 0.4) is 0 Å². The van der Waals surface area contributed by atoms with Gasteiger partial charge in [0, 0.05) is 5.41 Å². The van der Waals surface area contributed by atoms with Crippen molar-refractivity contribution in [3.63, 3.8) is 0 Å². The number of nitrogens with two attached hydrogens (primary N) is 1. The summed E-state index contributed by atoms with van der Waals surface area (Å²) in [5, 5.41) is 0. The van der Waals surface area contributed by atoms with E-state index in [1.54, 1.807) is 12.1 Å². The highest BCUT2D eigenvalue weighted by Crippen LogP contribution is 2.33. The van der Waals surface area contributed by atoms with Gasteiger partial charge in [0.15, 0.2) is 0 Å². The Balaban J connectivity index is 1.74. The summed E-state index contributed by atoms with van der Waals surface area (Å²) in [6, 6.07) is 6.20. The van der Waals surface area contributed by atoms with Crippen LogP contribution >= 0.6 is 0 Å². The molecule has 0 aromatic heterocycles. The van der Waals surface area contributed by atoms with E-state index in [0.29, 0.717) is 5.92 Å². The smallest absolute Gasteiger partial charge is 0.223 e. The first kappa shape index (κ1) is 16.8. The number of hydrogen-bond acceptors (Lipinski definition) is 2. The number of ether oxygens (including phenoxy) is 1. The molecule has 0 heterocycles. The van der Waals surface area contributed by atoms with Crippen LogP contribution in [0.4, 0.5) is 4.39 Å². The van der Waals surface area contributed by atoms with Crippen LogP contribution in [0.2, 0.25) is 0 Å². The van der Waals surface area contributed by atoms with Gasteiger partial charge in [-0.15, -0.1) is 0 Å². The number of halogens is 1. The molecule has 4 heteroatoms. The van der Waals surface area contributed by atoms with Gasteiger partial charge in [-0.1, -0.05) is 13.8 Å². The van der Waals surface area contributed by atoms with E-state index in [0.717, 1.165) is 44.3 Å². The summed E-state index contributed by atoms with van der Waals surface area (Å²) in [6.07, 6.45) is 6.35. The summed E-state index contributed by atoms with van der Waals surface area (Å²) in [6.45, 7) is 3.83. The predicted octanol–water partition coefficient (Wildman–Crippen LogP) is 4.06.